The van der Waals surface area contributed by atoms with Gasteiger partial charge in [-0.3, -0.25) is 4.84 Å². The highest BCUT2D eigenvalue weighted by Gasteiger charge is 1.97. The summed E-state index contributed by atoms with van der Waals surface area (Å²) in [5, 5.41) is 8.03. The fraction of sp³-hybridized carbons (Fsp3) is 0.667. The molecule has 0 aromatic rings. The molecule has 0 rings (SSSR count). The van der Waals surface area contributed by atoms with Crippen LogP contribution in [0.3, 0.4) is 0 Å². The highest BCUT2D eigenvalue weighted by molar-refractivity contribution is 4.46. The molecular weight excluding hydrogens is 96.0 g/mol. The van der Waals surface area contributed by atoms with Gasteiger partial charge in [-0.25, -0.2) is 5.90 Å². The van der Waals surface area contributed by atoms with E-state index in [1.165, 1.54) is 0 Å². The summed E-state index contributed by atoms with van der Waals surface area (Å²) in [6.07, 6.45) is -0.146. The van der Waals surface area contributed by atoms with Gasteiger partial charge in [-0.1, -0.05) is 0 Å². The van der Waals surface area contributed by atoms with E-state index in [-0.39, 0.29) is 0 Å². The molecule has 0 aromatic carbocycles. The fourth-order valence-corrected chi connectivity index (χ4v) is 0.163. The fourth-order valence-electron chi connectivity index (χ4n) is 0.163. The highest BCUT2D eigenvalue weighted by atomic mass is 16.7. The van der Waals surface area contributed by atoms with E-state index in [4.69, 9.17) is 5.21 Å². The van der Waals surface area contributed by atoms with Crippen molar-refractivity contribution in [3.63, 3.8) is 0 Å². The van der Waals surface area contributed by atoms with Crippen LogP contribution in [0.25, 0.3) is 0 Å². The third-order valence-corrected chi connectivity index (χ3v) is 0.570. The molecule has 0 aromatic heterocycles. The highest BCUT2D eigenvalue weighted by Crippen LogP contribution is 1.83. The second-order valence-corrected chi connectivity index (χ2v) is 1.04. The van der Waals surface area contributed by atoms with Gasteiger partial charge in [0.1, 0.15) is 0 Å². The number of hydrogen-bond donors (Lipinski definition) is 3. The monoisotopic (exact) mass is 105 g/mol. The van der Waals surface area contributed by atoms with E-state index in [1.807, 2.05) is 0 Å². The van der Waals surface area contributed by atoms with Gasteiger partial charge in [0.2, 0.25) is 0 Å². The van der Waals surface area contributed by atoms with Gasteiger partial charge >= 0.3 is 0 Å². The smallest absolute Gasteiger partial charge is 0.150 e. The topological polar surface area (TPSA) is 67.5 Å². The molecule has 0 spiro atoms. The van der Waals surface area contributed by atoms with E-state index >= 15 is 0 Å². The van der Waals surface area contributed by atoms with Crippen molar-refractivity contribution in [1.82, 2.24) is 5.48 Å². The molecule has 0 aliphatic carbocycles. The third-order valence-electron chi connectivity index (χ3n) is 0.570. The normalized spacial score (nSPS) is 14.1. The van der Waals surface area contributed by atoms with Crippen molar-refractivity contribution in [2.75, 3.05) is 0 Å². The first-order chi connectivity index (χ1) is 3.35. The van der Waals surface area contributed by atoms with Gasteiger partial charge in [-0.15, -0.1) is 0 Å². The van der Waals surface area contributed by atoms with Crippen molar-refractivity contribution < 1.29 is 10.0 Å². The zero-order chi connectivity index (χ0) is 5.70. The van der Waals surface area contributed by atoms with E-state index in [9.17, 15) is 0 Å². The van der Waals surface area contributed by atoms with Crippen LogP contribution in [-0.2, 0) is 4.84 Å². The first-order valence-corrected chi connectivity index (χ1v) is 1.89. The quantitative estimate of drug-likeness (QED) is 0.331. The maximum absolute atomic E-state index is 8.03. The van der Waals surface area contributed by atoms with Gasteiger partial charge in [0.15, 0.2) is 6.23 Å². The summed E-state index contributed by atoms with van der Waals surface area (Å²) in [5.41, 5.74) is 1.79. The van der Waals surface area contributed by atoms with Crippen molar-refractivity contribution in [3.8, 4) is 0 Å². The van der Waals surface area contributed by atoms with Crippen molar-refractivity contribution in [1.29, 1.82) is 0 Å². The number of hydroxylamine groups is 1. The van der Waals surface area contributed by atoms with E-state index in [0.717, 1.165) is 0 Å². The molecular formula is C3H9N2O2. The van der Waals surface area contributed by atoms with E-state index in [2.05, 4.69) is 17.7 Å². The molecule has 4 N–H and O–H groups in total. The lowest BCUT2D eigenvalue weighted by Crippen LogP contribution is -2.30. The average molecular weight is 105 g/mol. The Bertz CT molecular complexity index is 32.4. The standard InChI is InChI=1S/C3H9N2O2/c1-2-3(5-6)7-4/h3,5-6H,1-2,4H2. The zero-order valence-electron chi connectivity index (χ0n) is 3.92. The lowest BCUT2D eigenvalue weighted by Gasteiger charge is -2.06. The molecule has 1 radical (unpaired) electrons. The van der Waals surface area contributed by atoms with Gasteiger partial charge in [0.05, 0.1) is 0 Å². The Labute approximate surface area is 42.2 Å². The van der Waals surface area contributed by atoms with Crippen LogP contribution >= 0.6 is 0 Å². The van der Waals surface area contributed by atoms with Crippen molar-refractivity contribution in [2.45, 2.75) is 12.6 Å². The summed E-state index contributed by atoms with van der Waals surface area (Å²) in [6, 6.07) is 0. The van der Waals surface area contributed by atoms with Crippen molar-refractivity contribution >= 4 is 0 Å². The second-order valence-electron chi connectivity index (χ2n) is 1.04. The van der Waals surface area contributed by atoms with Crippen LogP contribution < -0.4 is 11.4 Å². The van der Waals surface area contributed by atoms with Crippen LogP contribution in [0.1, 0.15) is 6.42 Å². The van der Waals surface area contributed by atoms with Crippen LogP contribution in [0.2, 0.25) is 0 Å². The van der Waals surface area contributed by atoms with Gasteiger partial charge in [0.25, 0.3) is 0 Å². The molecule has 1 unspecified atom stereocenters. The minimum Gasteiger partial charge on any atom is -0.314 e. The number of hydrogen-bond acceptors (Lipinski definition) is 4. The van der Waals surface area contributed by atoms with Crippen LogP contribution in [0, 0.1) is 6.92 Å². The molecule has 43 valence electrons. The zero-order valence-corrected chi connectivity index (χ0v) is 3.92. The number of nitrogens with one attached hydrogen (secondary N) is 1. The summed E-state index contributed by atoms with van der Waals surface area (Å²) in [4.78, 5) is 4.12. The maximum atomic E-state index is 8.03. The van der Waals surface area contributed by atoms with Gasteiger partial charge in [-0.2, -0.15) is 5.48 Å². The molecule has 0 amide bonds. The summed E-state index contributed by atoms with van der Waals surface area (Å²) < 4.78 is 0. The molecule has 4 heteroatoms. The van der Waals surface area contributed by atoms with E-state index in [1.54, 1.807) is 5.48 Å². The number of nitrogens with two attached hydrogens (primary N) is 1. The third kappa shape index (κ3) is 2.52. The Kier molecular flexibility index (Phi) is 3.92. The Morgan fingerprint density at radius 2 is 2.57 bits per heavy atom. The van der Waals surface area contributed by atoms with Gasteiger partial charge in [-0.05, 0) is 13.3 Å². The van der Waals surface area contributed by atoms with Crippen LogP contribution in [0.15, 0.2) is 0 Å². The Balaban J connectivity index is 2.99. The molecule has 4 nitrogen and oxygen atoms in total. The van der Waals surface area contributed by atoms with Crippen LogP contribution in [-0.4, -0.2) is 11.4 Å². The molecule has 0 heterocycles. The van der Waals surface area contributed by atoms with Crippen LogP contribution in [0.4, 0.5) is 0 Å². The summed E-state index contributed by atoms with van der Waals surface area (Å²) in [5.74, 6) is 4.63. The van der Waals surface area contributed by atoms with Crippen molar-refractivity contribution in [2.24, 2.45) is 5.90 Å². The van der Waals surface area contributed by atoms with Crippen LogP contribution in [0.5, 0.6) is 0 Å². The largest absolute Gasteiger partial charge is 0.314 e. The molecule has 0 aliphatic heterocycles. The predicted octanol–water partition coefficient (Wildman–Crippen LogP) is -0.594. The molecule has 0 bridgehead atoms. The predicted molar refractivity (Wildman–Crippen MR) is 24.0 cm³/mol. The first-order valence-electron chi connectivity index (χ1n) is 1.89. The van der Waals surface area contributed by atoms with Gasteiger partial charge < -0.3 is 5.21 Å². The molecule has 0 aliphatic rings. The molecule has 7 heavy (non-hydrogen) atoms. The van der Waals surface area contributed by atoms with Gasteiger partial charge in [0, 0.05) is 0 Å². The lowest BCUT2D eigenvalue weighted by atomic mass is 10.4. The Morgan fingerprint density at radius 3 is 2.57 bits per heavy atom. The summed E-state index contributed by atoms with van der Waals surface area (Å²) in [7, 11) is 0. The molecule has 0 saturated carbocycles. The second kappa shape index (κ2) is 4.01. The Hall–Kier alpha value is -0.160. The SMILES string of the molecule is [CH2]CC(NO)ON. The molecule has 0 fully saturated rings. The summed E-state index contributed by atoms with van der Waals surface area (Å²) >= 11 is 0. The average Bonchev–Trinajstić information content (AvgIpc) is 1.72. The first kappa shape index (κ1) is 6.84. The Morgan fingerprint density at radius 1 is 2.00 bits per heavy atom. The van der Waals surface area contributed by atoms with Crippen molar-refractivity contribution in [3.05, 3.63) is 6.92 Å². The van der Waals surface area contributed by atoms with E-state index < -0.39 is 6.23 Å². The molecule has 1 atom stereocenters. The minimum atomic E-state index is -0.542. The minimum absolute atomic E-state index is 0.396. The lowest BCUT2D eigenvalue weighted by molar-refractivity contribution is -0.0519. The van der Waals surface area contributed by atoms with E-state index in [0.29, 0.717) is 6.42 Å². The molecule has 0 saturated heterocycles. The number of rotatable bonds is 3. The maximum Gasteiger partial charge on any atom is 0.150 e. The summed E-state index contributed by atoms with van der Waals surface area (Å²) in [6.45, 7) is 3.40.